The van der Waals surface area contributed by atoms with Crippen molar-refractivity contribution in [3.8, 4) is 0 Å². The second-order valence-electron chi connectivity index (χ2n) is 6.31. The van der Waals surface area contributed by atoms with E-state index in [0.717, 1.165) is 25.9 Å². The molecule has 0 spiro atoms. The lowest BCUT2D eigenvalue weighted by Crippen LogP contribution is -2.38. The Morgan fingerprint density at radius 2 is 2.35 bits per heavy atom. The monoisotopic (exact) mass is 317 g/mol. The Bertz CT molecular complexity index is 635. The zero-order valence-electron chi connectivity index (χ0n) is 13.7. The molecule has 0 N–H and O–H groups in total. The van der Waals surface area contributed by atoms with Gasteiger partial charge in [0.1, 0.15) is 0 Å². The molecule has 2 aromatic rings. The van der Waals surface area contributed by atoms with Crippen LogP contribution in [0.4, 0.5) is 0 Å². The minimum atomic E-state index is 0.156. The van der Waals surface area contributed by atoms with E-state index < -0.39 is 0 Å². The molecule has 3 heterocycles. The summed E-state index contributed by atoms with van der Waals surface area (Å²) < 4.78 is 7.10. The highest BCUT2D eigenvalue weighted by Crippen LogP contribution is 2.20. The molecule has 1 fully saturated rings. The smallest absolute Gasteiger partial charge is 0.227 e. The van der Waals surface area contributed by atoms with Crippen molar-refractivity contribution in [2.45, 2.75) is 58.0 Å². The molecule has 2 aromatic heterocycles. The highest BCUT2D eigenvalue weighted by molar-refractivity contribution is 5.77. The number of aromatic nitrogens is 4. The SMILES string of the molecule is CC(C)c1noc(CCC(=O)N2CCCC2Cn2cccn2)n1. The number of carbonyl (C=O) groups excluding carboxylic acids is 1. The summed E-state index contributed by atoms with van der Waals surface area (Å²) in [5.41, 5.74) is 0. The first-order valence-corrected chi connectivity index (χ1v) is 8.23. The third-order valence-electron chi connectivity index (χ3n) is 4.21. The fourth-order valence-electron chi connectivity index (χ4n) is 2.94. The molecule has 1 amide bonds. The van der Waals surface area contributed by atoms with Crippen LogP contribution in [0.5, 0.6) is 0 Å². The van der Waals surface area contributed by atoms with Crippen molar-refractivity contribution in [3.05, 3.63) is 30.2 Å². The van der Waals surface area contributed by atoms with Crippen LogP contribution in [0.25, 0.3) is 0 Å². The molecule has 0 saturated carbocycles. The first kappa shape index (κ1) is 15.7. The lowest BCUT2D eigenvalue weighted by molar-refractivity contribution is -0.132. The van der Waals surface area contributed by atoms with E-state index >= 15 is 0 Å². The van der Waals surface area contributed by atoms with Gasteiger partial charge in [-0.25, -0.2) is 0 Å². The van der Waals surface area contributed by atoms with Gasteiger partial charge >= 0.3 is 0 Å². The van der Waals surface area contributed by atoms with E-state index in [-0.39, 0.29) is 17.9 Å². The van der Waals surface area contributed by atoms with Gasteiger partial charge in [-0.1, -0.05) is 19.0 Å². The zero-order chi connectivity index (χ0) is 16.2. The van der Waals surface area contributed by atoms with Gasteiger partial charge in [0.15, 0.2) is 5.82 Å². The van der Waals surface area contributed by atoms with Crippen molar-refractivity contribution in [2.75, 3.05) is 6.54 Å². The molecule has 0 aliphatic carbocycles. The minimum absolute atomic E-state index is 0.156. The summed E-state index contributed by atoms with van der Waals surface area (Å²) in [6.07, 6.45) is 6.70. The van der Waals surface area contributed by atoms with Crippen LogP contribution in [0.2, 0.25) is 0 Å². The second-order valence-corrected chi connectivity index (χ2v) is 6.31. The number of nitrogens with zero attached hydrogens (tertiary/aromatic N) is 5. The first-order valence-electron chi connectivity index (χ1n) is 8.23. The van der Waals surface area contributed by atoms with Crippen molar-refractivity contribution >= 4 is 5.91 Å². The number of amides is 1. The Labute approximate surface area is 135 Å². The molecule has 1 aliphatic heterocycles. The molecule has 7 heteroatoms. The zero-order valence-corrected chi connectivity index (χ0v) is 13.7. The van der Waals surface area contributed by atoms with Gasteiger partial charge < -0.3 is 9.42 Å². The van der Waals surface area contributed by atoms with Gasteiger partial charge in [0.05, 0.1) is 12.6 Å². The van der Waals surface area contributed by atoms with Crippen LogP contribution in [-0.2, 0) is 17.8 Å². The largest absolute Gasteiger partial charge is 0.339 e. The van der Waals surface area contributed by atoms with Crippen LogP contribution in [0.15, 0.2) is 23.0 Å². The maximum Gasteiger partial charge on any atom is 0.227 e. The van der Waals surface area contributed by atoms with E-state index in [4.69, 9.17) is 4.52 Å². The van der Waals surface area contributed by atoms with Crippen LogP contribution in [0.3, 0.4) is 0 Å². The number of hydrogen-bond donors (Lipinski definition) is 0. The third kappa shape index (κ3) is 3.78. The average molecular weight is 317 g/mol. The summed E-state index contributed by atoms with van der Waals surface area (Å²) in [5.74, 6) is 1.64. The molecule has 23 heavy (non-hydrogen) atoms. The Morgan fingerprint density at radius 3 is 3.04 bits per heavy atom. The van der Waals surface area contributed by atoms with Gasteiger partial charge in [-0.2, -0.15) is 10.1 Å². The Morgan fingerprint density at radius 1 is 1.48 bits per heavy atom. The molecule has 0 radical (unpaired) electrons. The lowest BCUT2D eigenvalue weighted by atomic mass is 10.2. The highest BCUT2D eigenvalue weighted by Gasteiger charge is 2.29. The standard InChI is InChI=1S/C16H23N5O2/c1-12(2)16-18-14(23-19-16)6-7-15(22)21-10-3-5-13(21)11-20-9-4-8-17-20/h4,8-9,12-13H,3,5-7,10-11H2,1-2H3. The van der Waals surface area contributed by atoms with Crippen molar-refractivity contribution in [3.63, 3.8) is 0 Å². The van der Waals surface area contributed by atoms with E-state index in [9.17, 15) is 4.79 Å². The van der Waals surface area contributed by atoms with Crippen LogP contribution < -0.4 is 0 Å². The molecular formula is C16H23N5O2. The van der Waals surface area contributed by atoms with Gasteiger partial charge in [0, 0.05) is 37.7 Å². The van der Waals surface area contributed by atoms with Crippen molar-refractivity contribution in [2.24, 2.45) is 0 Å². The number of likely N-dealkylation sites (tertiary alicyclic amines) is 1. The van der Waals surface area contributed by atoms with Gasteiger partial charge in [-0.15, -0.1) is 0 Å². The maximum atomic E-state index is 12.5. The molecule has 0 aromatic carbocycles. The van der Waals surface area contributed by atoms with Gasteiger partial charge in [-0.05, 0) is 18.9 Å². The fraction of sp³-hybridized carbons (Fsp3) is 0.625. The second kappa shape index (κ2) is 6.93. The number of hydrogen-bond acceptors (Lipinski definition) is 5. The lowest BCUT2D eigenvalue weighted by Gasteiger charge is -2.24. The first-order chi connectivity index (χ1) is 11.1. The van der Waals surface area contributed by atoms with Crippen LogP contribution in [0.1, 0.15) is 50.7 Å². The normalized spacial score (nSPS) is 18.0. The number of carbonyl (C=O) groups is 1. The van der Waals surface area contributed by atoms with E-state index in [0.29, 0.717) is 24.6 Å². The summed E-state index contributed by atoms with van der Waals surface area (Å²) in [7, 11) is 0. The molecule has 1 unspecified atom stereocenters. The molecule has 3 rings (SSSR count). The van der Waals surface area contributed by atoms with Crippen LogP contribution in [-0.4, -0.2) is 43.3 Å². The van der Waals surface area contributed by atoms with Crippen molar-refractivity contribution in [1.82, 2.24) is 24.8 Å². The summed E-state index contributed by atoms with van der Waals surface area (Å²) in [6, 6.07) is 2.14. The maximum absolute atomic E-state index is 12.5. The molecule has 1 saturated heterocycles. The average Bonchev–Trinajstić information content (AvgIpc) is 3.27. The Hall–Kier alpha value is -2.18. The van der Waals surface area contributed by atoms with Gasteiger partial charge in [-0.3, -0.25) is 9.48 Å². The fourth-order valence-corrected chi connectivity index (χ4v) is 2.94. The molecule has 0 bridgehead atoms. The summed E-state index contributed by atoms with van der Waals surface area (Å²) in [4.78, 5) is 18.8. The molecule has 124 valence electrons. The van der Waals surface area contributed by atoms with Crippen LogP contribution >= 0.6 is 0 Å². The summed E-state index contributed by atoms with van der Waals surface area (Å²) in [6.45, 7) is 5.62. The van der Waals surface area contributed by atoms with E-state index in [1.165, 1.54) is 0 Å². The van der Waals surface area contributed by atoms with Gasteiger partial charge in [0.25, 0.3) is 0 Å². The van der Waals surface area contributed by atoms with Crippen molar-refractivity contribution < 1.29 is 9.32 Å². The highest BCUT2D eigenvalue weighted by atomic mass is 16.5. The predicted octanol–water partition coefficient (Wildman–Crippen LogP) is 2.01. The predicted molar refractivity (Wildman–Crippen MR) is 83.7 cm³/mol. The minimum Gasteiger partial charge on any atom is -0.339 e. The van der Waals surface area contributed by atoms with E-state index in [2.05, 4.69) is 15.2 Å². The molecular weight excluding hydrogens is 294 g/mol. The van der Waals surface area contributed by atoms with Crippen molar-refractivity contribution in [1.29, 1.82) is 0 Å². The molecule has 7 nitrogen and oxygen atoms in total. The summed E-state index contributed by atoms with van der Waals surface area (Å²) in [5, 5.41) is 8.17. The van der Waals surface area contributed by atoms with E-state index in [1.807, 2.05) is 35.7 Å². The number of rotatable bonds is 6. The molecule has 1 atom stereocenters. The van der Waals surface area contributed by atoms with Crippen LogP contribution in [0, 0.1) is 0 Å². The topological polar surface area (TPSA) is 77.0 Å². The number of aryl methyl sites for hydroxylation is 1. The Kier molecular flexibility index (Phi) is 4.73. The Balaban J connectivity index is 1.54. The quantitative estimate of drug-likeness (QED) is 0.814. The van der Waals surface area contributed by atoms with E-state index in [1.54, 1.807) is 6.20 Å². The van der Waals surface area contributed by atoms with Gasteiger partial charge in [0.2, 0.25) is 11.8 Å². The third-order valence-corrected chi connectivity index (χ3v) is 4.21. The summed E-state index contributed by atoms with van der Waals surface area (Å²) >= 11 is 0. The molecule has 1 aliphatic rings.